The van der Waals surface area contributed by atoms with Gasteiger partial charge >= 0.3 is 0 Å². The lowest BCUT2D eigenvalue weighted by Gasteiger charge is -2.07. The quantitative estimate of drug-likeness (QED) is 0.480. The first kappa shape index (κ1) is 19.4. The van der Waals surface area contributed by atoms with Crippen molar-refractivity contribution in [3.05, 3.63) is 107 Å². The molecule has 0 fully saturated rings. The van der Waals surface area contributed by atoms with E-state index < -0.39 is 0 Å². The standard InChI is InChI=1S/C24H23N5O/c1-18-9-8-14-21(15-18)22(30)29-24(26-17-20-12-6-3-7-13-20)27-23(28-29)25-16-19-10-4-2-5-11-19/h2-15H,16-17H2,1H3,(H2,25,26,27,28). The number of hydrogen-bond donors (Lipinski definition) is 2. The van der Waals surface area contributed by atoms with Gasteiger partial charge in [-0.3, -0.25) is 4.79 Å². The van der Waals surface area contributed by atoms with E-state index in [0.717, 1.165) is 16.7 Å². The fraction of sp³-hybridized carbons (Fsp3) is 0.125. The maximum atomic E-state index is 13.1. The summed E-state index contributed by atoms with van der Waals surface area (Å²) in [6.07, 6.45) is 0. The average Bonchev–Trinajstić information content (AvgIpc) is 3.20. The molecule has 1 aromatic heterocycles. The Morgan fingerprint density at radius 3 is 2.10 bits per heavy atom. The number of nitrogens with zero attached hydrogens (tertiary/aromatic N) is 3. The van der Waals surface area contributed by atoms with Crippen LogP contribution in [-0.4, -0.2) is 20.7 Å². The number of benzene rings is 3. The smallest absolute Gasteiger partial charge is 0.281 e. The summed E-state index contributed by atoms with van der Waals surface area (Å²) in [5.74, 6) is 0.575. The summed E-state index contributed by atoms with van der Waals surface area (Å²) in [6, 6.07) is 27.4. The summed E-state index contributed by atoms with van der Waals surface area (Å²) in [7, 11) is 0. The van der Waals surface area contributed by atoms with Gasteiger partial charge in [-0.1, -0.05) is 78.4 Å². The second-order valence-corrected chi connectivity index (χ2v) is 7.02. The molecule has 4 aromatic rings. The van der Waals surface area contributed by atoms with Gasteiger partial charge in [-0.2, -0.15) is 9.67 Å². The molecule has 30 heavy (non-hydrogen) atoms. The molecular formula is C24H23N5O. The Bertz CT molecular complexity index is 1120. The summed E-state index contributed by atoms with van der Waals surface area (Å²) >= 11 is 0. The number of anilines is 2. The molecular weight excluding hydrogens is 374 g/mol. The second kappa shape index (κ2) is 9.05. The molecule has 0 atom stereocenters. The van der Waals surface area contributed by atoms with Gasteiger partial charge in [0.25, 0.3) is 5.91 Å². The van der Waals surface area contributed by atoms with Gasteiger partial charge in [0.05, 0.1) is 0 Å². The molecule has 6 heteroatoms. The molecule has 2 N–H and O–H groups in total. The Balaban J connectivity index is 1.58. The van der Waals surface area contributed by atoms with Crippen LogP contribution in [0.1, 0.15) is 27.0 Å². The highest BCUT2D eigenvalue weighted by Crippen LogP contribution is 2.15. The number of rotatable bonds is 7. The molecule has 0 aliphatic rings. The van der Waals surface area contributed by atoms with Gasteiger partial charge in [0, 0.05) is 18.7 Å². The molecule has 0 bridgehead atoms. The van der Waals surface area contributed by atoms with Crippen molar-refractivity contribution in [3.63, 3.8) is 0 Å². The second-order valence-electron chi connectivity index (χ2n) is 7.02. The van der Waals surface area contributed by atoms with Crippen molar-refractivity contribution in [1.82, 2.24) is 14.8 Å². The van der Waals surface area contributed by atoms with Gasteiger partial charge in [0.15, 0.2) is 0 Å². The maximum absolute atomic E-state index is 13.1. The predicted octanol–water partition coefficient (Wildman–Crippen LogP) is 4.50. The van der Waals surface area contributed by atoms with Crippen molar-refractivity contribution in [2.24, 2.45) is 0 Å². The van der Waals surface area contributed by atoms with E-state index in [-0.39, 0.29) is 5.91 Å². The van der Waals surface area contributed by atoms with Gasteiger partial charge in [-0.15, -0.1) is 5.10 Å². The molecule has 0 amide bonds. The average molecular weight is 397 g/mol. The maximum Gasteiger partial charge on any atom is 0.281 e. The molecule has 0 spiro atoms. The summed E-state index contributed by atoms with van der Waals surface area (Å²) in [5.41, 5.74) is 3.78. The van der Waals surface area contributed by atoms with Gasteiger partial charge in [-0.05, 0) is 30.2 Å². The van der Waals surface area contributed by atoms with Crippen molar-refractivity contribution in [2.75, 3.05) is 10.6 Å². The van der Waals surface area contributed by atoms with Gasteiger partial charge < -0.3 is 10.6 Å². The van der Waals surface area contributed by atoms with E-state index in [2.05, 4.69) is 20.7 Å². The first-order chi connectivity index (χ1) is 14.7. The van der Waals surface area contributed by atoms with Crippen molar-refractivity contribution < 1.29 is 4.79 Å². The number of carbonyl (C=O) groups is 1. The Hall–Kier alpha value is -3.93. The van der Waals surface area contributed by atoms with E-state index in [1.165, 1.54) is 4.68 Å². The van der Waals surface area contributed by atoms with E-state index >= 15 is 0 Å². The molecule has 3 aromatic carbocycles. The molecule has 0 saturated heterocycles. The van der Waals surface area contributed by atoms with Crippen LogP contribution in [0, 0.1) is 6.92 Å². The topological polar surface area (TPSA) is 71.8 Å². The lowest BCUT2D eigenvalue weighted by atomic mass is 10.1. The zero-order valence-electron chi connectivity index (χ0n) is 16.7. The summed E-state index contributed by atoms with van der Waals surface area (Å²) < 4.78 is 1.32. The number of aryl methyl sites for hydroxylation is 1. The third kappa shape index (κ3) is 4.72. The van der Waals surface area contributed by atoms with E-state index in [1.54, 1.807) is 6.07 Å². The summed E-state index contributed by atoms with van der Waals surface area (Å²) in [6.45, 7) is 3.07. The van der Waals surface area contributed by atoms with E-state index in [4.69, 9.17) is 0 Å². The fourth-order valence-corrected chi connectivity index (χ4v) is 3.10. The van der Waals surface area contributed by atoms with Crippen molar-refractivity contribution in [1.29, 1.82) is 0 Å². The van der Waals surface area contributed by atoms with E-state index in [9.17, 15) is 4.79 Å². The van der Waals surface area contributed by atoms with Crippen molar-refractivity contribution >= 4 is 17.8 Å². The number of carbonyl (C=O) groups excluding carboxylic acids is 1. The number of nitrogens with one attached hydrogen (secondary N) is 2. The molecule has 0 aliphatic carbocycles. The van der Waals surface area contributed by atoms with Crippen LogP contribution in [0.5, 0.6) is 0 Å². The van der Waals surface area contributed by atoms with Crippen LogP contribution in [0.3, 0.4) is 0 Å². The highest BCUT2D eigenvalue weighted by molar-refractivity contribution is 5.97. The highest BCUT2D eigenvalue weighted by Gasteiger charge is 2.18. The highest BCUT2D eigenvalue weighted by atomic mass is 16.2. The van der Waals surface area contributed by atoms with Crippen LogP contribution in [0.4, 0.5) is 11.9 Å². The predicted molar refractivity (Wildman–Crippen MR) is 118 cm³/mol. The first-order valence-electron chi connectivity index (χ1n) is 9.83. The van der Waals surface area contributed by atoms with Gasteiger partial charge in [0.2, 0.25) is 11.9 Å². The lowest BCUT2D eigenvalue weighted by Crippen LogP contribution is -2.17. The van der Waals surface area contributed by atoms with Crippen LogP contribution < -0.4 is 10.6 Å². The Morgan fingerprint density at radius 2 is 1.47 bits per heavy atom. The molecule has 0 aliphatic heterocycles. The van der Waals surface area contributed by atoms with Crippen LogP contribution in [0.15, 0.2) is 84.9 Å². The first-order valence-corrected chi connectivity index (χ1v) is 9.83. The van der Waals surface area contributed by atoms with E-state index in [1.807, 2.05) is 85.8 Å². The van der Waals surface area contributed by atoms with Crippen LogP contribution in [-0.2, 0) is 13.1 Å². The van der Waals surface area contributed by atoms with Gasteiger partial charge in [-0.25, -0.2) is 0 Å². The number of aromatic nitrogens is 3. The monoisotopic (exact) mass is 397 g/mol. The molecule has 0 saturated carbocycles. The zero-order valence-corrected chi connectivity index (χ0v) is 16.7. The molecule has 1 heterocycles. The third-order valence-corrected chi connectivity index (χ3v) is 4.65. The molecule has 0 radical (unpaired) electrons. The Morgan fingerprint density at radius 1 is 0.833 bits per heavy atom. The zero-order chi connectivity index (χ0) is 20.8. The minimum absolute atomic E-state index is 0.227. The molecule has 0 unspecified atom stereocenters. The number of hydrogen-bond acceptors (Lipinski definition) is 5. The van der Waals surface area contributed by atoms with Crippen molar-refractivity contribution in [2.45, 2.75) is 20.0 Å². The molecule has 150 valence electrons. The molecule has 4 rings (SSSR count). The Labute approximate surface area is 175 Å². The van der Waals surface area contributed by atoms with Crippen LogP contribution >= 0.6 is 0 Å². The Kier molecular flexibility index (Phi) is 5.85. The minimum atomic E-state index is -0.227. The summed E-state index contributed by atoms with van der Waals surface area (Å²) in [5, 5.41) is 10.9. The molecule has 6 nitrogen and oxygen atoms in total. The van der Waals surface area contributed by atoms with Crippen LogP contribution in [0.25, 0.3) is 0 Å². The van der Waals surface area contributed by atoms with Gasteiger partial charge in [0.1, 0.15) is 0 Å². The fourth-order valence-electron chi connectivity index (χ4n) is 3.10. The van der Waals surface area contributed by atoms with Crippen molar-refractivity contribution in [3.8, 4) is 0 Å². The van der Waals surface area contributed by atoms with E-state index in [0.29, 0.717) is 30.5 Å². The normalized spacial score (nSPS) is 10.6. The third-order valence-electron chi connectivity index (χ3n) is 4.65. The minimum Gasteiger partial charge on any atom is -0.350 e. The SMILES string of the molecule is Cc1cccc(C(=O)n2nc(NCc3ccccc3)nc2NCc2ccccc2)c1. The lowest BCUT2D eigenvalue weighted by molar-refractivity contribution is 0.0947. The largest absolute Gasteiger partial charge is 0.350 e. The summed E-state index contributed by atoms with van der Waals surface area (Å²) in [4.78, 5) is 17.6. The van der Waals surface area contributed by atoms with Crippen LogP contribution in [0.2, 0.25) is 0 Å².